The van der Waals surface area contributed by atoms with Crippen LogP contribution in [-0.2, 0) is 0 Å². The number of rotatable bonds is 10. The molecule has 0 radical (unpaired) electrons. The smallest absolute Gasteiger partial charge is 0.0107 e. The van der Waals surface area contributed by atoms with Crippen LogP contribution in [0.3, 0.4) is 0 Å². The summed E-state index contributed by atoms with van der Waals surface area (Å²) in [5.41, 5.74) is 0. The van der Waals surface area contributed by atoms with Crippen molar-refractivity contribution < 1.29 is 0 Å². The summed E-state index contributed by atoms with van der Waals surface area (Å²) in [7, 11) is 6.44. The molecule has 0 unspecified atom stereocenters. The molecule has 3 nitrogen and oxygen atoms in total. The Bertz CT molecular complexity index is 126. The van der Waals surface area contributed by atoms with E-state index in [9.17, 15) is 0 Å². The Labute approximate surface area is 95.8 Å². The lowest BCUT2D eigenvalue weighted by Crippen LogP contribution is -2.34. The van der Waals surface area contributed by atoms with E-state index < -0.39 is 0 Å². The van der Waals surface area contributed by atoms with Crippen LogP contribution in [0.15, 0.2) is 0 Å². The lowest BCUT2D eigenvalue weighted by molar-refractivity contribution is 0.281. The zero-order valence-electron chi connectivity index (χ0n) is 11.1. The highest BCUT2D eigenvalue weighted by atomic mass is 15.2. The molecule has 0 amide bonds. The van der Waals surface area contributed by atoms with E-state index >= 15 is 0 Å². The molecule has 0 atom stereocenters. The Hall–Kier alpha value is -0.120. The molecule has 0 fully saturated rings. The third-order valence-electron chi connectivity index (χ3n) is 2.56. The van der Waals surface area contributed by atoms with Crippen molar-refractivity contribution >= 4 is 0 Å². The third kappa shape index (κ3) is 11.8. The number of likely N-dealkylation sites (N-methyl/N-ethyl adjacent to an activating group) is 2. The molecule has 3 heteroatoms. The van der Waals surface area contributed by atoms with Gasteiger partial charge in [0.25, 0.3) is 0 Å². The van der Waals surface area contributed by atoms with Gasteiger partial charge in [-0.1, -0.05) is 19.8 Å². The van der Waals surface area contributed by atoms with Gasteiger partial charge in [-0.15, -0.1) is 0 Å². The zero-order valence-corrected chi connectivity index (χ0v) is 11.1. The van der Waals surface area contributed by atoms with Crippen molar-refractivity contribution in [2.24, 2.45) is 0 Å². The van der Waals surface area contributed by atoms with Gasteiger partial charge in [0, 0.05) is 26.2 Å². The maximum absolute atomic E-state index is 3.48. The van der Waals surface area contributed by atoms with E-state index in [1.807, 2.05) is 0 Å². The molecule has 1 N–H and O–H groups in total. The van der Waals surface area contributed by atoms with Crippen molar-refractivity contribution in [3.05, 3.63) is 0 Å². The van der Waals surface area contributed by atoms with Crippen LogP contribution in [0.2, 0.25) is 0 Å². The predicted octanol–water partition coefficient (Wildman–Crippen LogP) is 1.26. The van der Waals surface area contributed by atoms with Gasteiger partial charge in [0.05, 0.1) is 0 Å². The molecule has 0 rings (SSSR count). The summed E-state index contributed by atoms with van der Waals surface area (Å²) < 4.78 is 0. The number of nitrogens with zero attached hydrogens (tertiary/aromatic N) is 2. The topological polar surface area (TPSA) is 18.5 Å². The highest BCUT2D eigenvalue weighted by Crippen LogP contribution is 1.90. The van der Waals surface area contributed by atoms with Gasteiger partial charge in [0.2, 0.25) is 0 Å². The summed E-state index contributed by atoms with van der Waals surface area (Å²) in [6.45, 7) is 7.99. The maximum atomic E-state index is 3.48. The molecule has 0 aromatic heterocycles. The molecule has 92 valence electrons. The summed E-state index contributed by atoms with van der Waals surface area (Å²) in [5.74, 6) is 0. The van der Waals surface area contributed by atoms with E-state index in [-0.39, 0.29) is 0 Å². The number of unbranched alkanes of at least 4 members (excludes halogenated alkanes) is 2. The maximum Gasteiger partial charge on any atom is 0.0107 e. The zero-order chi connectivity index (χ0) is 11.5. The second-order valence-electron chi connectivity index (χ2n) is 4.56. The van der Waals surface area contributed by atoms with Crippen molar-refractivity contribution in [1.82, 2.24) is 15.1 Å². The summed E-state index contributed by atoms with van der Waals surface area (Å²) >= 11 is 0. The van der Waals surface area contributed by atoms with Gasteiger partial charge in [-0.2, -0.15) is 0 Å². The quantitative estimate of drug-likeness (QED) is 0.554. The van der Waals surface area contributed by atoms with Crippen LogP contribution in [-0.4, -0.2) is 63.7 Å². The van der Waals surface area contributed by atoms with Crippen molar-refractivity contribution in [2.45, 2.75) is 26.2 Å². The van der Waals surface area contributed by atoms with Gasteiger partial charge in [-0.3, -0.25) is 0 Å². The van der Waals surface area contributed by atoms with Crippen LogP contribution in [0.5, 0.6) is 0 Å². The summed E-state index contributed by atoms with van der Waals surface area (Å²) in [4.78, 5) is 4.61. The fourth-order valence-corrected chi connectivity index (χ4v) is 1.38. The van der Waals surface area contributed by atoms with Gasteiger partial charge in [0.1, 0.15) is 0 Å². The van der Waals surface area contributed by atoms with Crippen LogP contribution in [0.1, 0.15) is 26.2 Å². The second-order valence-corrected chi connectivity index (χ2v) is 4.56. The Morgan fingerprint density at radius 3 is 2.20 bits per heavy atom. The van der Waals surface area contributed by atoms with Gasteiger partial charge < -0.3 is 15.1 Å². The van der Waals surface area contributed by atoms with Crippen molar-refractivity contribution in [1.29, 1.82) is 0 Å². The number of nitrogens with one attached hydrogen (secondary N) is 1. The monoisotopic (exact) mass is 215 g/mol. The molecule has 0 aliphatic rings. The van der Waals surface area contributed by atoms with Gasteiger partial charge in [-0.25, -0.2) is 0 Å². The number of hydrogen-bond acceptors (Lipinski definition) is 3. The average molecular weight is 215 g/mol. The van der Waals surface area contributed by atoms with Crippen molar-refractivity contribution in [3.63, 3.8) is 0 Å². The standard InChI is InChI=1S/C12H29N3/c1-5-6-7-8-13-9-10-15(4)12-11-14(2)3/h13H,5-12H2,1-4H3. The first-order chi connectivity index (χ1) is 7.16. The number of hydrogen-bond donors (Lipinski definition) is 1. The van der Waals surface area contributed by atoms with Crippen LogP contribution in [0.25, 0.3) is 0 Å². The first-order valence-corrected chi connectivity index (χ1v) is 6.20. The molecule has 0 aliphatic carbocycles. The van der Waals surface area contributed by atoms with Crippen LogP contribution in [0, 0.1) is 0 Å². The normalized spacial score (nSPS) is 11.6. The van der Waals surface area contributed by atoms with Crippen LogP contribution in [0.4, 0.5) is 0 Å². The molecule has 0 bridgehead atoms. The van der Waals surface area contributed by atoms with Gasteiger partial charge in [0.15, 0.2) is 0 Å². The highest BCUT2D eigenvalue weighted by Gasteiger charge is 1.98. The lowest BCUT2D eigenvalue weighted by atomic mass is 10.2. The van der Waals surface area contributed by atoms with E-state index in [1.165, 1.54) is 25.8 Å². The Balaban J connectivity index is 3.13. The molecule has 0 saturated heterocycles. The first-order valence-electron chi connectivity index (χ1n) is 6.20. The van der Waals surface area contributed by atoms with E-state index in [0.29, 0.717) is 0 Å². The van der Waals surface area contributed by atoms with E-state index in [0.717, 1.165) is 26.2 Å². The molecule has 0 aromatic carbocycles. The van der Waals surface area contributed by atoms with Gasteiger partial charge in [-0.05, 0) is 34.1 Å². The molecule has 15 heavy (non-hydrogen) atoms. The minimum Gasteiger partial charge on any atom is -0.315 e. The Morgan fingerprint density at radius 2 is 1.60 bits per heavy atom. The highest BCUT2D eigenvalue weighted by molar-refractivity contribution is 4.56. The molecule has 0 aliphatic heterocycles. The predicted molar refractivity (Wildman–Crippen MR) is 68.4 cm³/mol. The first kappa shape index (κ1) is 14.9. The van der Waals surface area contributed by atoms with E-state index in [2.05, 4.69) is 43.2 Å². The molecule has 0 spiro atoms. The van der Waals surface area contributed by atoms with E-state index in [4.69, 9.17) is 0 Å². The van der Waals surface area contributed by atoms with Crippen molar-refractivity contribution in [2.75, 3.05) is 53.9 Å². The minimum atomic E-state index is 1.12. The van der Waals surface area contributed by atoms with Crippen LogP contribution < -0.4 is 5.32 Å². The summed E-state index contributed by atoms with van der Waals surface area (Å²) in [5, 5.41) is 3.48. The second kappa shape index (κ2) is 10.4. The fraction of sp³-hybridized carbons (Fsp3) is 1.00. The van der Waals surface area contributed by atoms with Gasteiger partial charge >= 0.3 is 0 Å². The van der Waals surface area contributed by atoms with Crippen molar-refractivity contribution in [3.8, 4) is 0 Å². The lowest BCUT2D eigenvalue weighted by Gasteiger charge is -2.19. The summed E-state index contributed by atoms with van der Waals surface area (Å²) in [6, 6.07) is 0. The SMILES string of the molecule is CCCCCNCCN(C)CCN(C)C. The average Bonchev–Trinajstić information content (AvgIpc) is 2.20. The molecular weight excluding hydrogens is 186 g/mol. The molecular formula is C12H29N3. The molecule has 0 aromatic rings. The Kier molecular flexibility index (Phi) is 10.3. The largest absolute Gasteiger partial charge is 0.315 e. The summed E-state index contributed by atoms with van der Waals surface area (Å²) in [6.07, 6.45) is 3.98. The van der Waals surface area contributed by atoms with E-state index in [1.54, 1.807) is 0 Å². The Morgan fingerprint density at radius 1 is 0.867 bits per heavy atom. The molecule has 0 heterocycles. The fourth-order valence-electron chi connectivity index (χ4n) is 1.38. The third-order valence-corrected chi connectivity index (χ3v) is 2.56. The van der Waals surface area contributed by atoms with Crippen LogP contribution >= 0.6 is 0 Å². The molecule has 0 saturated carbocycles. The minimum absolute atomic E-state index is 1.12.